The average Bonchev–Trinajstić information content (AvgIpc) is 3.17. The number of nitrogens with zero attached hydrogens (tertiary/aromatic N) is 4. The zero-order chi connectivity index (χ0) is 21.1. The van der Waals surface area contributed by atoms with Gasteiger partial charge in [-0.15, -0.1) is 0 Å². The van der Waals surface area contributed by atoms with E-state index in [1.807, 2.05) is 42.6 Å². The Hall–Kier alpha value is -3.03. The predicted octanol–water partition coefficient (Wildman–Crippen LogP) is 3.66. The highest BCUT2D eigenvalue weighted by Gasteiger charge is 2.27. The number of likely N-dealkylation sites (tertiary alicyclic amines) is 1. The third kappa shape index (κ3) is 4.13. The number of imidazole rings is 1. The van der Waals surface area contributed by atoms with Crippen LogP contribution in [0.3, 0.4) is 0 Å². The van der Waals surface area contributed by atoms with E-state index in [0.29, 0.717) is 12.1 Å². The first kappa shape index (κ1) is 20.3. The van der Waals surface area contributed by atoms with Gasteiger partial charge in [0.1, 0.15) is 11.3 Å². The molecule has 0 saturated carbocycles. The predicted molar refractivity (Wildman–Crippen MR) is 117 cm³/mol. The number of aromatic nitrogens is 3. The van der Waals surface area contributed by atoms with Crippen molar-refractivity contribution in [3.63, 3.8) is 0 Å². The summed E-state index contributed by atoms with van der Waals surface area (Å²) in [6.07, 6.45) is 7.02. The molecule has 3 aromatic rings. The van der Waals surface area contributed by atoms with Crippen LogP contribution in [-0.2, 0) is 4.79 Å². The average molecular weight is 406 g/mol. The van der Waals surface area contributed by atoms with Crippen molar-refractivity contribution >= 4 is 23.1 Å². The normalized spacial score (nSPS) is 17.8. The lowest BCUT2D eigenvalue weighted by molar-refractivity contribution is -0.124. The van der Waals surface area contributed by atoms with Crippen LogP contribution >= 0.6 is 0 Å². The molecule has 2 N–H and O–H groups in total. The largest absolute Gasteiger partial charge is 0.304 e. The summed E-state index contributed by atoms with van der Waals surface area (Å²) in [7, 11) is 0. The third-order valence-electron chi connectivity index (χ3n) is 5.65. The van der Waals surface area contributed by atoms with Crippen molar-refractivity contribution in [1.82, 2.24) is 24.9 Å². The number of hydrogen-bond donors (Lipinski definition) is 2. The highest BCUT2D eigenvalue weighted by Crippen LogP contribution is 2.32. The van der Waals surface area contributed by atoms with Crippen molar-refractivity contribution in [1.29, 1.82) is 0 Å². The van der Waals surface area contributed by atoms with Gasteiger partial charge in [0.05, 0.1) is 0 Å². The van der Waals surface area contributed by atoms with Crippen molar-refractivity contribution in [3.05, 3.63) is 54.2 Å². The Bertz CT molecular complexity index is 1070. The van der Waals surface area contributed by atoms with E-state index in [0.717, 1.165) is 54.0 Å². The lowest BCUT2D eigenvalue weighted by Gasteiger charge is -2.36. The summed E-state index contributed by atoms with van der Waals surface area (Å²) in [4.78, 5) is 23.4. The van der Waals surface area contributed by atoms with Crippen LogP contribution in [0.2, 0.25) is 0 Å². The van der Waals surface area contributed by atoms with Gasteiger partial charge in [-0.05, 0) is 63.1 Å². The summed E-state index contributed by atoms with van der Waals surface area (Å²) in [6.45, 7) is 6.58. The first-order chi connectivity index (χ1) is 14.6. The van der Waals surface area contributed by atoms with Crippen LogP contribution in [0.5, 0.6) is 0 Å². The molecule has 4 rings (SSSR count). The number of pyridine rings is 1. The highest BCUT2D eigenvalue weighted by molar-refractivity contribution is 5.91. The maximum Gasteiger partial charge on any atom is 0.267 e. The van der Waals surface area contributed by atoms with Crippen LogP contribution in [-0.4, -0.2) is 49.7 Å². The summed E-state index contributed by atoms with van der Waals surface area (Å²) in [5.74, 6) is 0.328. The van der Waals surface area contributed by atoms with Crippen LogP contribution in [0.15, 0.2) is 48.7 Å². The van der Waals surface area contributed by atoms with E-state index in [1.165, 1.54) is 6.08 Å². The highest BCUT2D eigenvalue weighted by atomic mass is 16.5. The lowest BCUT2D eigenvalue weighted by atomic mass is 10.0. The molecule has 156 valence electrons. The zero-order valence-corrected chi connectivity index (χ0v) is 17.3. The molecule has 3 heterocycles. The van der Waals surface area contributed by atoms with E-state index in [2.05, 4.69) is 28.3 Å². The molecule has 0 radical (unpaired) electrons. The van der Waals surface area contributed by atoms with Gasteiger partial charge in [0.15, 0.2) is 5.65 Å². The molecule has 1 aliphatic heterocycles. The van der Waals surface area contributed by atoms with Crippen LogP contribution in [0, 0.1) is 0 Å². The van der Waals surface area contributed by atoms with Gasteiger partial charge in [0, 0.05) is 36.5 Å². The Morgan fingerprint density at radius 1 is 1.30 bits per heavy atom. The van der Waals surface area contributed by atoms with E-state index < -0.39 is 5.91 Å². The third-order valence-corrected chi connectivity index (χ3v) is 5.65. The zero-order valence-electron chi connectivity index (χ0n) is 17.3. The summed E-state index contributed by atoms with van der Waals surface area (Å²) >= 11 is 0. The maximum atomic E-state index is 11.3. The van der Waals surface area contributed by atoms with Crippen LogP contribution in [0.25, 0.3) is 28.6 Å². The number of benzene rings is 1. The smallest absolute Gasteiger partial charge is 0.267 e. The minimum Gasteiger partial charge on any atom is -0.304 e. The summed E-state index contributed by atoms with van der Waals surface area (Å²) in [6, 6.07) is 12.6. The quantitative estimate of drug-likeness (QED) is 0.384. The molecule has 1 atom stereocenters. The summed E-state index contributed by atoms with van der Waals surface area (Å²) in [5.41, 5.74) is 5.23. The molecular weight excluding hydrogens is 378 g/mol. The molecule has 7 nitrogen and oxygen atoms in total. The van der Waals surface area contributed by atoms with Gasteiger partial charge in [-0.2, -0.15) is 0 Å². The Morgan fingerprint density at radius 3 is 2.97 bits per heavy atom. The monoisotopic (exact) mass is 405 g/mol. The Labute approximate surface area is 176 Å². The topological polar surface area (TPSA) is 83.3 Å². The number of rotatable bonds is 5. The molecule has 1 aromatic carbocycles. The molecule has 0 aliphatic carbocycles. The number of piperidine rings is 1. The van der Waals surface area contributed by atoms with Gasteiger partial charge in [0.25, 0.3) is 5.91 Å². The molecular formula is C23H27N5O2. The molecule has 0 unspecified atom stereocenters. The second-order valence-electron chi connectivity index (χ2n) is 7.97. The van der Waals surface area contributed by atoms with Crippen molar-refractivity contribution in [3.8, 4) is 11.4 Å². The Balaban J connectivity index is 1.77. The summed E-state index contributed by atoms with van der Waals surface area (Å²) in [5, 5.41) is 8.69. The molecule has 7 heteroatoms. The summed E-state index contributed by atoms with van der Waals surface area (Å²) < 4.78 is 2.28. The fourth-order valence-electron chi connectivity index (χ4n) is 4.13. The van der Waals surface area contributed by atoms with Crippen LogP contribution in [0.1, 0.15) is 38.3 Å². The standard InChI is InChI=1S/C23H27N5O2/c1-16(2)27-13-5-8-19(15-27)28-22(25-20-9-4-12-24-23(20)28)18-7-3-6-17(14-18)10-11-21(29)26-30/h3-4,6-7,9-12,14,16,19,30H,5,8,13,15H2,1-2H3,(H,26,29)/t19-/m1/s1. The molecule has 0 bridgehead atoms. The fourth-order valence-corrected chi connectivity index (χ4v) is 4.13. The van der Waals surface area contributed by atoms with Crippen molar-refractivity contribution < 1.29 is 10.0 Å². The van der Waals surface area contributed by atoms with E-state index in [9.17, 15) is 4.79 Å². The number of nitrogens with one attached hydrogen (secondary N) is 1. The van der Waals surface area contributed by atoms with E-state index in [4.69, 9.17) is 10.2 Å². The fraction of sp³-hybridized carbons (Fsp3) is 0.348. The van der Waals surface area contributed by atoms with Crippen LogP contribution < -0.4 is 5.48 Å². The van der Waals surface area contributed by atoms with Gasteiger partial charge >= 0.3 is 0 Å². The van der Waals surface area contributed by atoms with E-state index >= 15 is 0 Å². The van der Waals surface area contributed by atoms with Gasteiger partial charge in [-0.25, -0.2) is 15.4 Å². The van der Waals surface area contributed by atoms with Crippen LogP contribution in [0.4, 0.5) is 0 Å². The minimum atomic E-state index is -0.562. The molecule has 0 spiro atoms. The molecule has 1 saturated heterocycles. The molecule has 30 heavy (non-hydrogen) atoms. The molecule has 1 amide bonds. The van der Waals surface area contributed by atoms with Gasteiger partial charge < -0.3 is 4.57 Å². The SMILES string of the molecule is CC(C)N1CCC[C@@H](n2c(-c3cccc(C=CC(=O)NO)c3)nc3cccnc32)C1. The number of carbonyl (C=O) groups excluding carboxylic acids is 1. The molecule has 2 aromatic heterocycles. The molecule has 1 aliphatic rings. The second-order valence-corrected chi connectivity index (χ2v) is 7.97. The number of amides is 1. The van der Waals surface area contributed by atoms with Gasteiger partial charge in [0.2, 0.25) is 0 Å². The number of carbonyl (C=O) groups is 1. The number of hydrogen-bond acceptors (Lipinski definition) is 5. The van der Waals surface area contributed by atoms with Gasteiger partial charge in [-0.3, -0.25) is 14.9 Å². The van der Waals surface area contributed by atoms with E-state index in [-0.39, 0.29) is 0 Å². The lowest BCUT2D eigenvalue weighted by Crippen LogP contribution is -2.40. The van der Waals surface area contributed by atoms with E-state index in [1.54, 1.807) is 11.6 Å². The minimum absolute atomic E-state index is 0.301. The first-order valence-electron chi connectivity index (χ1n) is 10.4. The Morgan fingerprint density at radius 2 is 2.17 bits per heavy atom. The Kier molecular flexibility index (Phi) is 5.92. The van der Waals surface area contributed by atoms with Crippen molar-refractivity contribution in [2.45, 2.75) is 38.8 Å². The number of hydroxylamine groups is 1. The van der Waals surface area contributed by atoms with Gasteiger partial charge in [-0.1, -0.05) is 18.2 Å². The maximum absolute atomic E-state index is 11.3. The molecule has 1 fully saturated rings. The first-order valence-corrected chi connectivity index (χ1v) is 10.4. The number of fused-ring (bicyclic) bond motifs is 1. The van der Waals surface area contributed by atoms with Crippen molar-refractivity contribution in [2.24, 2.45) is 0 Å². The second kappa shape index (κ2) is 8.77. The van der Waals surface area contributed by atoms with Crippen molar-refractivity contribution in [2.75, 3.05) is 13.1 Å².